The van der Waals surface area contributed by atoms with Gasteiger partial charge in [0, 0.05) is 6.07 Å². The van der Waals surface area contributed by atoms with Crippen LogP contribution in [0, 0.1) is 17.6 Å². The van der Waals surface area contributed by atoms with Crippen molar-refractivity contribution >= 4 is 0 Å². The van der Waals surface area contributed by atoms with Crippen molar-refractivity contribution in [1.82, 2.24) is 0 Å². The predicted octanol–water partition coefficient (Wildman–Crippen LogP) is 3.69. The van der Waals surface area contributed by atoms with Gasteiger partial charge in [-0.15, -0.1) is 0 Å². The Labute approximate surface area is 101 Å². The second kappa shape index (κ2) is 6.70. The van der Waals surface area contributed by atoms with Gasteiger partial charge >= 0.3 is 0 Å². The van der Waals surface area contributed by atoms with Crippen LogP contribution in [0.5, 0.6) is 0 Å². The third-order valence-electron chi connectivity index (χ3n) is 2.71. The van der Waals surface area contributed by atoms with Crippen LogP contribution in [0.3, 0.4) is 0 Å². The van der Waals surface area contributed by atoms with Crippen LogP contribution in [0.1, 0.15) is 38.7 Å². The molecule has 1 nitrogen and oxygen atoms in total. The molecule has 0 amide bonds. The van der Waals surface area contributed by atoms with E-state index in [9.17, 15) is 13.9 Å². The summed E-state index contributed by atoms with van der Waals surface area (Å²) in [5, 5.41) is 9.75. The summed E-state index contributed by atoms with van der Waals surface area (Å²) in [5.41, 5.74) is 0.513. The first-order chi connectivity index (χ1) is 7.97. The van der Waals surface area contributed by atoms with Gasteiger partial charge in [-0.2, -0.15) is 0 Å². The summed E-state index contributed by atoms with van der Waals surface area (Å²) in [4.78, 5) is 0. The number of halogens is 2. The zero-order valence-electron chi connectivity index (χ0n) is 10.4. The molecule has 1 unspecified atom stereocenters. The normalized spacial score (nSPS) is 13.1. The van der Waals surface area contributed by atoms with Crippen LogP contribution >= 0.6 is 0 Å². The van der Waals surface area contributed by atoms with Gasteiger partial charge in [0.1, 0.15) is 11.6 Å². The zero-order valence-corrected chi connectivity index (χ0v) is 10.4. The van der Waals surface area contributed by atoms with Gasteiger partial charge in [-0.3, -0.25) is 0 Å². The highest BCUT2D eigenvalue weighted by atomic mass is 19.1. The Balaban J connectivity index is 2.42. The second-order valence-corrected chi connectivity index (χ2v) is 4.96. The number of aliphatic hydroxyl groups is 1. The molecular weight excluding hydrogens is 222 g/mol. The molecule has 0 spiro atoms. The van der Waals surface area contributed by atoms with Crippen molar-refractivity contribution in [2.45, 2.75) is 45.6 Å². The lowest BCUT2D eigenvalue weighted by Gasteiger charge is -2.11. The van der Waals surface area contributed by atoms with Crippen molar-refractivity contribution in [3.63, 3.8) is 0 Å². The van der Waals surface area contributed by atoms with E-state index < -0.39 is 17.7 Å². The molecule has 0 fully saturated rings. The van der Waals surface area contributed by atoms with Crippen LogP contribution < -0.4 is 0 Å². The van der Waals surface area contributed by atoms with Crippen molar-refractivity contribution in [2.24, 2.45) is 5.92 Å². The minimum atomic E-state index is -0.589. The molecule has 96 valence electrons. The minimum Gasteiger partial charge on any atom is -0.393 e. The van der Waals surface area contributed by atoms with E-state index in [0.717, 1.165) is 18.9 Å². The van der Waals surface area contributed by atoms with Crippen LogP contribution in [-0.4, -0.2) is 11.2 Å². The quantitative estimate of drug-likeness (QED) is 0.806. The van der Waals surface area contributed by atoms with Gasteiger partial charge in [-0.25, -0.2) is 8.78 Å². The maximum Gasteiger partial charge on any atom is 0.126 e. The molecule has 0 bridgehead atoms. The molecule has 0 heterocycles. The summed E-state index contributed by atoms with van der Waals surface area (Å²) in [7, 11) is 0. The third kappa shape index (κ3) is 5.78. The highest BCUT2D eigenvalue weighted by Crippen LogP contribution is 2.14. The Bertz CT molecular complexity index is 330. The van der Waals surface area contributed by atoms with Gasteiger partial charge in [0.25, 0.3) is 0 Å². The number of hydrogen-bond acceptors (Lipinski definition) is 1. The standard InChI is InChI=1S/C14H20F2O/c1-10(2)4-3-5-14(17)8-11-6-12(15)9-13(16)7-11/h6-7,9-10,14,17H,3-5,8H2,1-2H3. The van der Waals surface area contributed by atoms with E-state index in [1.54, 1.807) is 0 Å². The molecule has 1 atom stereocenters. The third-order valence-corrected chi connectivity index (χ3v) is 2.71. The molecule has 0 saturated carbocycles. The fraction of sp³-hybridized carbons (Fsp3) is 0.571. The van der Waals surface area contributed by atoms with E-state index in [4.69, 9.17) is 0 Å². The van der Waals surface area contributed by atoms with Gasteiger partial charge in [0.2, 0.25) is 0 Å². The molecule has 1 rings (SSSR count). The lowest BCUT2D eigenvalue weighted by atomic mass is 10.00. The topological polar surface area (TPSA) is 20.2 Å². The average Bonchev–Trinajstić information content (AvgIpc) is 2.14. The molecular formula is C14H20F2O. The lowest BCUT2D eigenvalue weighted by Crippen LogP contribution is -2.11. The van der Waals surface area contributed by atoms with Crippen LogP contribution in [0.25, 0.3) is 0 Å². The summed E-state index contributed by atoms with van der Waals surface area (Å²) in [6, 6.07) is 3.39. The Morgan fingerprint density at radius 2 is 1.65 bits per heavy atom. The molecule has 1 aromatic carbocycles. The first-order valence-electron chi connectivity index (χ1n) is 6.10. The molecule has 0 aliphatic carbocycles. The highest BCUT2D eigenvalue weighted by molar-refractivity contribution is 5.18. The van der Waals surface area contributed by atoms with Crippen LogP contribution in [0.4, 0.5) is 8.78 Å². The van der Waals surface area contributed by atoms with Crippen molar-refractivity contribution < 1.29 is 13.9 Å². The van der Waals surface area contributed by atoms with E-state index in [1.807, 2.05) is 0 Å². The summed E-state index contributed by atoms with van der Waals surface area (Å²) in [6.45, 7) is 4.27. The molecule has 0 aromatic heterocycles. The second-order valence-electron chi connectivity index (χ2n) is 4.96. The van der Waals surface area contributed by atoms with E-state index in [-0.39, 0.29) is 0 Å². The Hall–Kier alpha value is -0.960. The first kappa shape index (κ1) is 14.1. The van der Waals surface area contributed by atoms with Crippen molar-refractivity contribution in [3.8, 4) is 0 Å². The van der Waals surface area contributed by atoms with Crippen LogP contribution in [-0.2, 0) is 6.42 Å². The minimum absolute atomic E-state index is 0.312. The van der Waals surface area contributed by atoms with Crippen LogP contribution in [0.2, 0.25) is 0 Å². The Kier molecular flexibility index (Phi) is 5.56. The largest absolute Gasteiger partial charge is 0.393 e. The summed E-state index contributed by atoms with van der Waals surface area (Å²) in [6.07, 6.45) is 2.48. The zero-order chi connectivity index (χ0) is 12.8. The van der Waals surface area contributed by atoms with Gasteiger partial charge in [-0.05, 0) is 36.5 Å². The van der Waals surface area contributed by atoms with Crippen molar-refractivity contribution in [2.75, 3.05) is 0 Å². The molecule has 1 N–H and O–H groups in total. The number of aliphatic hydroxyl groups excluding tert-OH is 1. The number of hydrogen-bond donors (Lipinski definition) is 1. The van der Waals surface area contributed by atoms with Gasteiger partial charge < -0.3 is 5.11 Å². The number of benzene rings is 1. The lowest BCUT2D eigenvalue weighted by molar-refractivity contribution is 0.159. The van der Waals surface area contributed by atoms with Gasteiger partial charge in [-0.1, -0.05) is 26.7 Å². The molecule has 17 heavy (non-hydrogen) atoms. The Morgan fingerprint density at radius 3 is 2.18 bits per heavy atom. The fourth-order valence-corrected chi connectivity index (χ4v) is 1.86. The van der Waals surface area contributed by atoms with E-state index in [0.29, 0.717) is 24.3 Å². The van der Waals surface area contributed by atoms with Crippen LogP contribution in [0.15, 0.2) is 18.2 Å². The molecule has 1 aromatic rings. The monoisotopic (exact) mass is 242 g/mol. The summed E-state index contributed by atoms with van der Waals surface area (Å²) >= 11 is 0. The van der Waals surface area contributed by atoms with E-state index in [1.165, 1.54) is 12.1 Å². The Morgan fingerprint density at radius 1 is 1.06 bits per heavy atom. The number of rotatable bonds is 6. The fourth-order valence-electron chi connectivity index (χ4n) is 1.86. The van der Waals surface area contributed by atoms with Gasteiger partial charge in [0.15, 0.2) is 0 Å². The molecule has 0 saturated heterocycles. The SMILES string of the molecule is CC(C)CCCC(O)Cc1cc(F)cc(F)c1. The average molecular weight is 242 g/mol. The highest BCUT2D eigenvalue weighted by Gasteiger charge is 2.08. The molecule has 3 heteroatoms. The molecule has 0 aliphatic rings. The van der Waals surface area contributed by atoms with Gasteiger partial charge in [0.05, 0.1) is 6.10 Å². The van der Waals surface area contributed by atoms with Crippen molar-refractivity contribution in [1.29, 1.82) is 0 Å². The maximum absolute atomic E-state index is 12.9. The van der Waals surface area contributed by atoms with E-state index >= 15 is 0 Å². The van der Waals surface area contributed by atoms with E-state index in [2.05, 4.69) is 13.8 Å². The maximum atomic E-state index is 12.9. The smallest absolute Gasteiger partial charge is 0.126 e. The molecule has 0 radical (unpaired) electrons. The summed E-state index contributed by atoms with van der Waals surface area (Å²) < 4.78 is 25.8. The first-order valence-corrected chi connectivity index (χ1v) is 6.10. The summed E-state index contributed by atoms with van der Waals surface area (Å²) in [5.74, 6) is -0.558. The predicted molar refractivity (Wildman–Crippen MR) is 64.8 cm³/mol. The molecule has 0 aliphatic heterocycles. The van der Waals surface area contributed by atoms with Crippen molar-refractivity contribution in [3.05, 3.63) is 35.4 Å².